The lowest BCUT2D eigenvalue weighted by Crippen LogP contribution is -2.76. The van der Waals surface area contributed by atoms with Crippen molar-refractivity contribution < 1.29 is 0 Å². The summed E-state index contributed by atoms with van der Waals surface area (Å²) in [5.41, 5.74) is 9.96. The second kappa shape index (κ2) is 13.6. The highest BCUT2D eigenvalue weighted by molar-refractivity contribution is 7.22. The van der Waals surface area contributed by atoms with Crippen LogP contribution in [0.3, 0.4) is 0 Å². The monoisotopic (exact) mass is 640 g/mol. The molecule has 0 spiro atoms. The van der Waals surface area contributed by atoms with Gasteiger partial charge in [-0.15, -0.1) is 0 Å². The van der Waals surface area contributed by atoms with E-state index >= 15 is 0 Å². The highest BCUT2D eigenvalue weighted by Crippen LogP contribution is 2.30. The van der Waals surface area contributed by atoms with Crippen LogP contribution in [0.4, 0.5) is 0 Å². The second-order valence-electron chi connectivity index (χ2n) is 12.4. The lowest BCUT2D eigenvalue weighted by Gasteiger charge is -2.40. The minimum Gasteiger partial charge on any atom is -0.0623 e. The zero-order chi connectivity index (χ0) is 32.9. The normalized spacial score (nSPS) is 11.3. The van der Waals surface area contributed by atoms with E-state index in [1.165, 1.54) is 65.3 Å². The van der Waals surface area contributed by atoms with Gasteiger partial charge in [0, 0.05) is 0 Å². The van der Waals surface area contributed by atoms with Crippen LogP contribution in [-0.2, 0) is 0 Å². The van der Waals surface area contributed by atoms with E-state index in [0.29, 0.717) is 0 Å². The topological polar surface area (TPSA) is 0 Å². The first-order chi connectivity index (χ1) is 24.4. The lowest BCUT2D eigenvalue weighted by molar-refractivity contribution is 1.59. The summed E-state index contributed by atoms with van der Waals surface area (Å²) in [6.07, 6.45) is 0. The van der Waals surface area contributed by atoms with Crippen molar-refractivity contribution >= 4 is 28.8 Å². The summed E-state index contributed by atoms with van der Waals surface area (Å²) in [6.45, 7) is 0. The van der Waals surface area contributed by atoms with E-state index in [1.54, 1.807) is 0 Å². The fraction of sp³-hybridized carbons (Fsp3) is 0. The average Bonchev–Trinajstić information content (AvgIpc) is 3.20. The molecule has 232 valence electrons. The summed E-state index contributed by atoms with van der Waals surface area (Å²) in [5.74, 6) is 0. The van der Waals surface area contributed by atoms with E-state index in [2.05, 4.69) is 218 Å². The summed E-state index contributed by atoms with van der Waals surface area (Å²) in [5, 5.41) is 5.49. The summed E-state index contributed by atoms with van der Waals surface area (Å²) in [4.78, 5) is 0. The van der Waals surface area contributed by atoms with Gasteiger partial charge in [-0.1, -0.05) is 218 Å². The van der Waals surface area contributed by atoms with Gasteiger partial charge in [-0.25, -0.2) is 0 Å². The van der Waals surface area contributed by atoms with E-state index in [0.717, 1.165) is 0 Å². The predicted molar refractivity (Wildman–Crippen MR) is 212 cm³/mol. The molecule has 0 N–H and O–H groups in total. The largest absolute Gasteiger partial charge is 0.182 e. The van der Waals surface area contributed by atoms with Crippen LogP contribution in [0.1, 0.15) is 0 Å². The fourth-order valence-electron chi connectivity index (χ4n) is 7.59. The molecule has 8 rings (SSSR count). The second-order valence-corrected chi connectivity index (χ2v) is 16.1. The van der Waals surface area contributed by atoms with Crippen LogP contribution < -0.4 is 20.7 Å². The molecule has 0 heterocycles. The Labute approximate surface area is 290 Å². The summed E-state index contributed by atoms with van der Waals surface area (Å²) >= 11 is 0. The zero-order valence-electron chi connectivity index (χ0n) is 27.3. The highest BCUT2D eigenvalue weighted by atomic mass is 28.3. The van der Waals surface area contributed by atoms with Gasteiger partial charge >= 0.3 is 0 Å². The van der Waals surface area contributed by atoms with Gasteiger partial charge in [-0.2, -0.15) is 0 Å². The van der Waals surface area contributed by atoms with Gasteiger partial charge in [0.15, 0.2) is 8.07 Å². The Morgan fingerprint density at radius 1 is 0.184 bits per heavy atom. The van der Waals surface area contributed by atoms with Crippen molar-refractivity contribution in [2.75, 3.05) is 0 Å². The Bertz CT molecular complexity index is 1970. The van der Waals surface area contributed by atoms with Crippen LogP contribution in [0.5, 0.6) is 0 Å². The van der Waals surface area contributed by atoms with E-state index in [9.17, 15) is 0 Å². The lowest BCUT2D eigenvalue weighted by atomic mass is 10.0. The van der Waals surface area contributed by atoms with Crippen LogP contribution in [0.25, 0.3) is 44.5 Å². The maximum absolute atomic E-state index is 3.21. The summed E-state index contributed by atoms with van der Waals surface area (Å²) < 4.78 is 0. The molecule has 0 radical (unpaired) electrons. The zero-order valence-corrected chi connectivity index (χ0v) is 28.3. The Morgan fingerprint density at radius 3 is 0.592 bits per heavy atom. The number of rotatable bonds is 8. The van der Waals surface area contributed by atoms with Crippen molar-refractivity contribution in [3.8, 4) is 44.5 Å². The molecule has 0 saturated carbocycles. The van der Waals surface area contributed by atoms with Crippen molar-refractivity contribution in [3.63, 3.8) is 0 Å². The highest BCUT2D eigenvalue weighted by Gasteiger charge is 2.47. The Kier molecular flexibility index (Phi) is 8.42. The third kappa shape index (κ3) is 5.55. The summed E-state index contributed by atoms with van der Waals surface area (Å²) in [7, 11) is -3.21. The molecule has 0 fully saturated rings. The van der Waals surface area contributed by atoms with Crippen LogP contribution in [0.2, 0.25) is 0 Å². The maximum atomic E-state index is 2.42. The minimum atomic E-state index is -3.21. The molecule has 0 aliphatic carbocycles. The first kappa shape index (κ1) is 30.3. The van der Waals surface area contributed by atoms with Gasteiger partial charge in [0.2, 0.25) is 0 Å². The third-order valence-corrected chi connectivity index (χ3v) is 14.6. The molecule has 8 aromatic rings. The van der Waals surface area contributed by atoms with Gasteiger partial charge in [-0.05, 0) is 65.3 Å². The van der Waals surface area contributed by atoms with Gasteiger partial charge in [0.25, 0.3) is 0 Å². The van der Waals surface area contributed by atoms with Crippen molar-refractivity contribution in [1.82, 2.24) is 0 Å². The van der Waals surface area contributed by atoms with Gasteiger partial charge in [0.05, 0.1) is 0 Å². The molecule has 0 amide bonds. The van der Waals surface area contributed by atoms with Crippen molar-refractivity contribution in [3.05, 3.63) is 218 Å². The summed E-state index contributed by atoms with van der Waals surface area (Å²) in [6, 6.07) is 80.5. The molecule has 0 saturated heterocycles. The third-order valence-electron chi connectivity index (χ3n) is 9.66. The standard InChI is InChI=1S/C48H36Si/c1-5-21-37(22-6-1)41-29-13-17-33-45(41)49(46-34-18-14-30-42(46)38-23-7-2-8-24-38,47-35-19-15-31-43(47)39-25-9-3-10-26-39)48-36-20-16-32-44(48)40-27-11-4-12-28-40/h1-36H. The number of benzene rings is 8. The molecular weight excluding hydrogens is 605 g/mol. The quantitative estimate of drug-likeness (QED) is 0.115. The molecule has 0 aliphatic rings. The maximum Gasteiger partial charge on any atom is 0.182 e. The van der Waals surface area contributed by atoms with Crippen molar-refractivity contribution in [2.24, 2.45) is 0 Å². The van der Waals surface area contributed by atoms with E-state index in [-0.39, 0.29) is 0 Å². The molecule has 1 heteroatoms. The van der Waals surface area contributed by atoms with Crippen molar-refractivity contribution in [1.29, 1.82) is 0 Å². The first-order valence-electron chi connectivity index (χ1n) is 17.0. The first-order valence-corrected chi connectivity index (χ1v) is 19.0. The SMILES string of the molecule is c1ccc(-c2ccccc2[Si](c2ccccc2-c2ccccc2)(c2ccccc2-c2ccccc2)c2ccccc2-c2ccccc2)cc1. The van der Waals surface area contributed by atoms with Crippen LogP contribution in [0, 0.1) is 0 Å². The number of hydrogen-bond acceptors (Lipinski definition) is 0. The van der Waals surface area contributed by atoms with Gasteiger partial charge in [0.1, 0.15) is 0 Å². The van der Waals surface area contributed by atoms with Crippen LogP contribution >= 0.6 is 0 Å². The number of hydrogen-bond donors (Lipinski definition) is 0. The van der Waals surface area contributed by atoms with E-state index in [4.69, 9.17) is 0 Å². The van der Waals surface area contributed by atoms with Crippen molar-refractivity contribution in [2.45, 2.75) is 0 Å². The van der Waals surface area contributed by atoms with E-state index in [1.807, 2.05) is 0 Å². The average molecular weight is 641 g/mol. The molecule has 0 aliphatic heterocycles. The molecular formula is C48H36Si. The van der Waals surface area contributed by atoms with Crippen LogP contribution in [0.15, 0.2) is 218 Å². The smallest absolute Gasteiger partial charge is 0.0623 e. The van der Waals surface area contributed by atoms with Gasteiger partial charge in [-0.3, -0.25) is 0 Å². The fourth-order valence-corrected chi connectivity index (χ4v) is 13.2. The Balaban J connectivity index is 1.63. The molecule has 8 aromatic carbocycles. The Morgan fingerprint density at radius 2 is 0.367 bits per heavy atom. The van der Waals surface area contributed by atoms with E-state index < -0.39 is 8.07 Å². The molecule has 0 atom stereocenters. The predicted octanol–water partition coefficient (Wildman–Crippen LogP) is 9.73. The molecule has 49 heavy (non-hydrogen) atoms. The Hall–Kier alpha value is -6.02. The molecule has 0 unspecified atom stereocenters. The molecule has 0 aromatic heterocycles. The molecule has 0 bridgehead atoms. The minimum absolute atomic E-state index is 1.22. The van der Waals surface area contributed by atoms with Crippen LogP contribution in [-0.4, -0.2) is 8.07 Å². The van der Waals surface area contributed by atoms with Gasteiger partial charge < -0.3 is 0 Å². The molecule has 0 nitrogen and oxygen atoms in total.